The molecule has 0 amide bonds. The molecule has 0 saturated heterocycles. The second kappa shape index (κ2) is 67.3. The van der Waals surface area contributed by atoms with Gasteiger partial charge in [-0.25, -0.2) is 9.13 Å². The van der Waals surface area contributed by atoms with E-state index in [1.54, 1.807) is 0 Å². The maximum atomic E-state index is 13.1. The second-order valence-corrected chi connectivity index (χ2v) is 30.1. The predicted molar refractivity (Wildman–Crippen MR) is 377 cm³/mol. The van der Waals surface area contributed by atoms with Crippen LogP contribution in [0.5, 0.6) is 0 Å². The van der Waals surface area contributed by atoms with E-state index in [2.05, 4.69) is 34.6 Å². The molecule has 17 nitrogen and oxygen atoms in total. The van der Waals surface area contributed by atoms with Gasteiger partial charge in [0, 0.05) is 25.7 Å². The molecular formula is C74H144O17P2. The molecule has 0 aliphatic rings. The van der Waals surface area contributed by atoms with Gasteiger partial charge in [-0.1, -0.05) is 336 Å². The third-order valence-corrected chi connectivity index (χ3v) is 19.2. The van der Waals surface area contributed by atoms with Crippen molar-refractivity contribution in [2.24, 2.45) is 5.92 Å². The van der Waals surface area contributed by atoms with Crippen LogP contribution in [0, 0.1) is 5.92 Å². The highest BCUT2D eigenvalue weighted by Crippen LogP contribution is 2.45. The zero-order chi connectivity index (χ0) is 68.4. The van der Waals surface area contributed by atoms with Gasteiger partial charge >= 0.3 is 39.5 Å². The lowest BCUT2D eigenvalue weighted by atomic mass is 10.0. The summed E-state index contributed by atoms with van der Waals surface area (Å²) in [6, 6.07) is 0. The van der Waals surface area contributed by atoms with E-state index < -0.39 is 97.5 Å². The third-order valence-electron chi connectivity index (χ3n) is 17.3. The first kappa shape index (κ1) is 91.1. The first-order chi connectivity index (χ1) is 45.0. The van der Waals surface area contributed by atoms with E-state index in [1.807, 2.05) is 0 Å². The highest BCUT2D eigenvalue weighted by atomic mass is 31.2. The molecule has 0 rings (SSSR count). The molecule has 0 radical (unpaired) electrons. The maximum absolute atomic E-state index is 13.1. The summed E-state index contributed by atoms with van der Waals surface area (Å²) < 4.78 is 68.3. The molecule has 93 heavy (non-hydrogen) atoms. The average Bonchev–Trinajstić information content (AvgIpc) is 3.36. The van der Waals surface area contributed by atoms with Crippen LogP contribution < -0.4 is 0 Å². The number of ether oxygens (including phenoxy) is 4. The van der Waals surface area contributed by atoms with Crippen molar-refractivity contribution >= 4 is 39.5 Å². The number of hydrogen-bond donors (Lipinski definition) is 3. The molecule has 3 N–H and O–H groups in total. The molecule has 0 aliphatic carbocycles. The Bertz CT molecular complexity index is 1790. The molecule has 0 fully saturated rings. The SMILES string of the molecule is CCCCCCCCCCCCCCCCCCCCCC(=O)O[C@H](COC(=O)CCCCCCCCCCCCCCCCCC)COP(=O)(O)OC[C@@H](O)COP(=O)(O)OC[C@@H](COC(=O)CCCCCCCCCC)OC(=O)CCCCCCCCCC(C)C. The normalized spacial score (nSPS) is 14.0. The number of phosphoric ester groups is 2. The molecule has 0 aromatic rings. The molecule has 0 aromatic heterocycles. The summed E-state index contributed by atoms with van der Waals surface area (Å²) in [7, 11) is -9.90. The Balaban J connectivity index is 5.19. The summed E-state index contributed by atoms with van der Waals surface area (Å²) in [6.45, 7) is 7.19. The fourth-order valence-corrected chi connectivity index (χ4v) is 12.9. The van der Waals surface area contributed by atoms with Crippen molar-refractivity contribution in [1.29, 1.82) is 0 Å². The van der Waals surface area contributed by atoms with Gasteiger partial charge in [0.05, 0.1) is 26.4 Å². The molecule has 5 atom stereocenters. The largest absolute Gasteiger partial charge is 0.472 e. The Hall–Kier alpha value is -1.94. The number of esters is 4. The van der Waals surface area contributed by atoms with E-state index in [9.17, 15) is 43.2 Å². The predicted octanol–water partition coefficient (Wildman–Crippen LogP) is 21.7. The van der Waals surface area contributed by atoms with E-state index >= 15 is 0 Å². The van der Waals surface area contributed by atoms with Crippen molar-refractivity contribution in [2.75, 3.05) is 39.6 Å². The first-order valence-corrected chi connectivity index (χ1v) is 41.6. The van der Waals surface area contributed by atoms with Crippen molar-refractivity contribution in [2.45, 2.75) is 406 Å². The lowest BCUT2D eigenvalue weighted by Gasteiger charge is -2.21. The standard InChI is InChI=1S/C74H144O17P2/c1-6-9-12-15-18-21-23-25-27-29-30-31-33-35-37-39-44-49-54-59-73(78)90-69(64-85-72(77)58-53-48-43-38-36-34-32-28-26-24-22-19-16-13-10-7-2)65-88-92(80,81)86-61-68(75)62-87-93(82,83)89-66-70(63-84-71(76)57-52-47-42-20-17-14-11-8-3)91-74(79)60-55-50-45-40-41-46-51-56-67(4)5/h67-70,75H,6-66H2,1-5H3,(H,80,81)(H,82,83)/t68-,69-,70-/m1/s1. The smallest absolute Gasteiger partial charge is 0.462 e. The molecule has 0 aliphatic heterocycles. The number of aliphatic hydroxyl groups is 1. The highest BCUT2D eigenvalue weighted by Gasteiger charge is 2.30. The molecule has 19 heteroatoms. The molecule has 0 heterocycles. The third kappa shape index (κ3) is 68.4. The van der Waals surface area contributed by atoms with Gasteiger partial charge in [0.2, 0.25) is 0 Å². The lowest BCUT2D eigenvalue weighted by Crippen LogP contribution is -2.30. The minimum Gasteiger partial charge on any atom is -0.462 e. The topological polar surface area (TPSA) is 237 Å². The van der Waals surface area contributed by atoms with Gasteiger partial charge in [0.25, 0.3) is 0 Å². The summed E-state index contributed by atoms with van der Waals surface area (Å²) in [5, 5.41) is 10.6. The van der Waals surface area contributed by atoms with Crippen LogP contribution in [-0.4, -0.2) is 96.7 Å². The lowest BCUT2D eigenvalue weighted by molar-refractivity contribution is -0.161. The number of aliphatic hydroxyl groups excluding tert-OH is 1. The number of carbonyl (C=O) groups excluding carboxylic acids is 4. The van der Waals surface area contributed by atoms with Crippen molar-refractivity contribution in [3.8, 4) is 0 Å². The Labute approximate surface area is 568 Å². The second-order valence-electron chi connectivity index (χ2n) is 27.2. The number of unbranched alkanes of at least 4 members (excludes halogenated alkanes) is 46. The van der Waals surface area contributed by atoms with Crippen LogP contribution in [0.2, 0.25) is 0 Å². The minimum atomic E-state index is -4.95. The fourth-order valence-electron chi connectivity index (χ4n) is 11.4. The number of rotatable bonds is 74. The van der Waals surface area contributed by atoms with Gasteiger partial charge in [-0.2, -0.15) is 0 Å². The number of hydrogen-bond acceptors (Lipinski definition) is 15. The Kier molecular flexibility index (Phi) is 65.9. The molecule has 2 unspecified atom stereocenters. The zero-order valence-electron chi connectivity index (χ0n) is 60.4. The van der Waals surface area contributed by atoms with Gasteiger partial charge in [-0.15, -0.1) is 0 Å². The molecule has 0 saturated carbocycles. The van der Waals surface area contributed by atoms with Crippen LogP contribution >= 0.6 is 15.6 Å². The summed E-state index contributed by atoms with van der Waals surface area (Å²) in [4.78, 5) is 72.6. The van der Waals surface area contributed by atoms with E-state index in [4.69, 9.17) is 37.0 Å². The summed E-state index contributed by atoms with van der Waals surface area (Å²) in [5.74, 6) is -1.43. The van der Waals surface area contributed by atoms with Gasteiger partial charge in [0.1, 0.15) is 19.3 Å². The fraction of sp³-hybridized carbons (Fsp3) is 0.946. The zero-order valence-corrected chi connectivity index (χ0v) is 62.2. The molecule has 0 aromatic carbocycles. The van der Waals surface area contributed by atoms with E-state index in [0.717, 1.165) is 96.3 Å². The molecule has 0 spiro atoms. The van der Waals surface area contributed by atoms with Crippen LogP contribution in [0.3, 0.4) is 0 Å². The quantitative estimate of drug-likeness (QED) is 0.0222. The molecule has 0 bridgehead atoms. The summed E-state index contributed by atoms with van der Waals surface area (Å²) in [5.41, 5.74) is 0. The Morgan fingerprint density at radius 3 is 0.731 bits per heavy atom. The maximum Gasteiger partial charge on any atom is 0.472 e. The van der Waals surface area contributed by atoms with Crippen LogP contribution in [0.4, 0.5) is 0 Å². The van der Waals surface area contributed by atoms with Gasteiger partial charge in [-0.3, -0.25) is 37.3 Å². The van der Waals surface area contributed by atoms with E-state index in [-0.39, 0.29) is 25.7 Å². The Morgan fingerprint density at radius 2 is 0.495 bits per heavy atom. The minimum absolute atomic E-state index is 0.104. The number of phosphoric acid groups is 2. The van der Waals surface area contributed by atoms with Crippen LogP contribution in [0.1, 0.15) is 388 Å². The van der Waals surface area contributed by atoms with Gasteiger partial charge < -0.3 is 33.8 Å². The highest BCUT2D eigenvalue weighted by molar-refractivity contribution is 7.47. The molecular weight excluding hydrogens is 1220 g/mol. The van der Waals surface area contributed by atoms with Crippen LogP contribution in [0.25, 0.3) is 0 Å². The monoisotopic (exact) mass is 1370 g/mol. The summed E-state index contributed by atoms with van der Waals surface area (Å²) in [6.07, 6.45) is 55.7. The molecule has 552 valence electrons. The van der Waals surface area contributed by atoms with Crippen molar-refractivity contribution < 1.29 is 80.2 Å². The van der Waals surface area contributed by atoms with Gasteiger partial charge in [-0.05, 0) is 31.6 Å². The summed E-state index contributed by atoms with van der Waals surface area (Å²) >= 11 is 0. The van der Waals surface area contributed by atoms with Crippen LogP contribution in [0.15, 0.2) is 0 Å². The van der Waals surface area contributed by atoms with Crippen molar-refractivity contribution in [1.82, 2.24) is 0 Å². The number of carbonyl (C=O) groups is 4. The van der Waals surface area contributed by atoms with E-state index in [0.29, 0.717) is 31.6 Å². The Morgan fingerprint density at radius 1 is 0.290 bits per heavy atom. The van der Waals surface area contributed by atoms with Crippen molar-refractivity contribution in [3.63, 3.8) is 0 Å². The van der Waals surface area contributed by atoms with Crippen molar-refractivity contribution in [3.05, 3.63) is 0 Å². The first-order valence-electron chi connectivity index (χ1n) is 38.6. The average molecular weight is 1370 g/mol. The van der Waals surface area contributed by atoms with Crippen LogP contribution in [-0.2, 0) is 65.4 Å². The van der Waals surface area contributed by atoms with E-state index in [1.165, 1.54) is 205 Å². The van der Waals surface area contributed by atoms with Gasteiger partial charge in [0.15, 0.2) is 12.2 Å².